The third-order valence-electron chi connectivity index (χ3n) is 3.12. The van der Waals surface area contributed by atoms with Crippen LogP contribution in [0.4, 0.5) is 10.1 Å². The lowest BCUT2D eigenvalue weighted by Gasteiger charge is -2.02. The summed E-state index contributed by atoms with van der Waals surface area (Å²) in [6.07, 6.45) is 0. The number of carbonyl (C=O) groups excluding carboxylic acids is 1. The van der Waals surface area contributed by atoms with Gasteiger partial charge < -0.3 is 9.84 Å². The summed E-state index contributed by atoms with van der Waals surface area (Å²) in [7, 11) is 0. The van der Waals surface area contributed by atoms with Gasteiger partial charge in [-0.05, 0) is 42.5 Å². The summed E-state index contributed by atoms with van der Waals surface area (Å²) in [5.74, 6) is -0.457. The SMILES string of the molecule is N#Cc1cccc(NC(=O)c2cc(-c3ccc(F)cc3)on2)c1. The van der Waals surface area contributed by atoms with Gasteiger partial charge in [0.1, 0.15) is 5.82 Å². The molecule has 0 atom stereocenters. The van der Waals surface area contributed by atoms with Crippen molar-refractivity contribution in [3.63, 3.8) is 0 Å². The van der Waals surface area contributed by atoms with E-state index in [-0.39, 0.29) is 11.5 Å². The zero-order chi connectivity index (χ0) is 16.2. The maximum Gasteiger partial charge on any atom is 0.277 e. The van der Waals surface area contributed by atoms with Gasteiger partial charge in [0.25, 0.3) is 5.91 Å². The molecule has 3 rings (SSSR count). The summed E-state index contributed by atoms with van der Waals surface area (Å²) >= 11 is 0. The highest BCUT2D eigenvalue weighted by Gasteiger charge is 2.14. The van der Waals surface area contributed by atoms with Crippen LogP contribution in [-0.4, -0.2) is 11.1 Å². The van der Waals surface area contributed by atoms with Crippen LogP contribution in [0.15, 0.2) is 59.1 Å². The smallest absolute Gasteiger partial charge is 0.277 e. The molecule has 3 aromatic rings. The molecule has 0 aliphatic heterocycles. The Bertz CT molecular complexity index is 895. The number of benzene rings is 2. The second-order valence-corrected chi connectivity index (χ2v) is 4.73. The molecule has 112 valence electrons. The van der Waals surface area contributed by atoms with Crippen molar-refractivity contribution >= 4 is 11.6 Å². The van der Waals surface area contributed by atoms with Crippen molar-refractivity contribution in [3.8, 4) is 17.4 Å². The molecule has 0 fully saturated rings. The first-order valence-electron chi connectivity index (χ1n) is 6.70. The zero-order valence-electron chi connectivity index (χ0n) is 11.8. The minimum atomic E-state index is -0.461. The molecule has 1 N–H and O–H groups in total. The molecule has 0 saturated heterocycles. The molecule has 0 radical (unpaired) electrons. The third-order valence-corrected chi connectivity index (χ3v) is 3.12. The van der Waals surface area contributed by atoms with Gasteiger partial charge in [0.2, 0.25) is 0 Å². The number of halogens is 1. The van der Waals surface area contributed by atoms with Gasteiger partial charge in [-0.2, -0.15) is 5.26 Å². The highest BCUT2D eigenvalue weighted by atomic mass is 19.1. The van der Waals surface area contributed by atoms with E-state index < -0.39 is 5.91 Å². The van der Waals surface area contributed by atoms with Gasteiger partial charge >= 0.3 is 0 Å². The Balaban J connectivity index is 1.78. The first-order chi connectivity index (χ1) is 11.2. The van der Waals surface area contributed by atoms with Gasteiger partial charge in [0.05, 0.1) is 11.6 Å². The zero-order valence-corrected chi connectivity index (χ0v) is 11.8. The number of amides is 1. The van der Waals surface area contributed by atoms with E-state index in [4.69, 9.17) is 9.78 Å². The highest BCUT2D eigenvalue weighted by Crippen LogP contribution is 2.21. The van der Waals surface area contributed by atoms with E-state index in [0.717, 1.165) is 0 Å². The largest absolute Gasteiger partial charge is 0.355 e. The standard InChI is InChI=1S/C17H10FN3O2/c18-13-6-4-12(5-7-13)16-9-15(21-23-16)17(22)20-14-3-1-2-11(8-14)10-19/h1-9H,(H,20,22). The maximum atomic E-state index is 12.9. The lowest BCUT2D eigenvalue weighted by molar-refractivity contribution is 0.101. The normalized spacial score (nSPS) is 10.1. The average molecular weight is 307 g/mol. The van der Waals surface area contributed by atoms with Gasteiger partial charge in [-0.25, -0.2) is 4.39 Å². The molecule has 6 heteroatoms. The minimum absolute atomic E-state index is 0.0895. The van der Waals surface area contributed by atoms with Gasteiger partial charge in [-0.3, -0.25) is 4.79 Å². The Morgan fingerprint density at radius 3 is 2.70 bits per heavy atom. The Kier molecular flexibility index (Phi) is 3.85. The third kappa shape index (κ3) is 3.24. The Labute approximate surface area is 131 Å². The number of nitriles is 1. The molecule has 5 nitrogen and oxygen atoms in total. The first-order valence-corrected chi connectivity index (χ1v) is 6.70. The lowest BCUT2D eigenvalue weighted by Crippen LogP contribution is -2.12. The number of aromatic nitrogens is 1. The molecule has 0 bridgehead atoms. The van der Waals surface area contributed by atoms with Crippen molar-refractivity contribution < 1.29 is 13.7 Å². The topological polar surface area (TPSA) is 78.9 Å². The summed E-state index contributed by atoms with van der Waals surface area (Å²) in [5.41, 5.74) is 1.63. The molecular weight excluding hydrogens is 297 g/mol. The quantitative estimate of drug-likeness (QED) is 0.801. The predicted molar refractivity (Wildman–Crippen MR) is 81.0 cm³/mol. The van der Waals surface area contributed by atoms with E-state index in [1.165, 1.54) is 30.3 Å². The number of nitrogens with zero attached hydrogens (tertiary/aromatic N) is 2. The van der Waals surface area contributed by atoms with Gasteiger partial charge in [-0.1, -0.05) is 11.2 Å². The molecule has 23 heavy (non-hydrogen) atoms. The van der Waals surface area contributed by atoms with Crippen LogP contribution in [-0.2, 0) is 0 Å². The van der Waals surface area contributed by atoms with Gasteiger partial charge in [0.15, 0.2) is 11.5 Å². The van der Waals surface area contributed by atoms with E-state index in [2.05, 4.69) is 10.5 Å². The van der Waals surface area contributed by atoms with E-state index in [9.17, 15) is 9.18 Å². The average Bonchev–Trinajstić information content (AvgIpc) is 3.06. The fraction of sp³-hybridized carbons (Fsp3) is 0. The van der Waals surface area contributed by atoms with Crippen molar-refractivity contribution in [2.24, 2.45) is 0 Å². The van der Waals surface area contributed by atoms with E-state index in [0.29, 0.717) is 22.6 Å². The highest BCUT2D eigenvalue weighted by molar-refractivity contribution is 6.03. The predicted octanol–water partition coefficient (Wildman–Crippen LogP) is 3.60. The molecule has 1 aromatic heterocycles. The Morgan fingerprint density at radius 1 is 1.17 bits per heavy atom. The molecule has 0 unspecified atom stereocenters. The Morgan fingerprint density at radius 2 is 1.96 bits per heavy atom. The van der Waals surface area contributed by atoms with Crippen molar-refractivity contribution in [2.75, 3.05) is 5.32 Å². The molecule has 0 saturated carbocycles. The van der Waals surface area contributed by atoms with Crippen LogP contribution in [0.1, 0.15) is 16.1 Å². The summed E-state index contributed by atoms with van der Waals surface area (Å²) in [6.45, 7) is 0. The van der Waals surface area contributed by atoms with Crippen LogP contribution >= 0.6 is 0 Å². The second-order valence-electron chi connectivity index (χ2n) is 4.73. The number of carbonyl (C=O) groups is 1. The van der Waals surface area contributed by atoms with Crippen molar-refractivity contribution in [3.05, 3.63) is 71.7 Å². The van der Waals surface area contributed by atoms with E-state index in [1.807, 2.05) is 6.07 Å². The first kappa shape index (κ1) is 14.5. The summed E-state index contributed by atoms with van der Waals surface area (Å²) < 4.78 is 18.0. The number of rotatable bonds is 3. The van der Waals surface area contributed by atoms with Crippen LogP contribution in [0.5, 0.6) is 0 Å². The summed E-state index contributed by atoms with van der Waals surface area (Å²) in [6, 6.07) is 15.7. The number of hydrogen-bond donors (Lipinski definition) is 1. The summed E-state index contributed by atoms with van der Waals surface area (Å²) in [5, 5.41) is 15.2. The molecular formula is C17H10FN3O2. The van der Waals surface area contributed by atoms with Crippen molar-refractivity contribution in [1.29, 1.82) is 5.26 Å². The fourth-order valence-electron chi connectivity index (χ4n) is 1.99. The van der Waals surface area contributed by atoms with E-state index >= 15 is 0 Å². The molecule has 1 heterocycles. The maximum absolute atomic E-state index is 12.9. The van der Waals surface area contributed by atoms with Gasteiger partial charge in [-0.15, -0.1) is 0 Å². The lowest BCUT2D eigenvalue weighted by atomic mass is 10.1. The van der Waals surface area contributed by atoms with Crippen LogP contribution < -0.4 is 5.32 Å². The monoisotopic (exact) mass is 307 g/mol. The number of nitrogens with one attached hydrogen (secondary N) is 1. The van der Waals surface area contributed by atoms with E-state index in [1.54, 1.807) is 24.3 Å². The van der Waals surface area contributed by atoms with Crippen LogP contribution in [0.2, 0.25) is 0 Å². The van der Waals surface area contributed by atoms with Crippen molar-refractivity contribution in [2.45, 2.75) is 0 Å². The molecule has 2 aromatic carbocycles. The minimum Gasteiger partial charge on any atom is -0.355 e. The number of anilines is 1. The van der Waals surface area contributed by atoms with Gasteiger partial charge in [0, 0.05) is 17.3 Å². The molecule has 0 spiro atoms. The second kappa shape index (κ2) is 6.12. The van der Waals surface area contributed by atoms with Crippen molar-refractivity contribution in [1.82, 2.24) is 5.16 Å². The number of hydrogen-bond acceptors (Lipinski definition) is 4. The molecule has 1 amide bonds. The Hall–Kier alpha value is -3.46. The van der Waals surface area contributed by atoms with Crippen LogP contribution in [0, 0.1) is 17.1 Å². The molecule has 0 aliphatic carbocycles. The van der Waals surface area contributed by atoms with Crippen LogP contribution in [0.3, 0.4) is 0 Å². The summed E-state index contributed by atoms with van der Waals surface area (Å²) in [4.78, 5) is 12.1. The van der Waals surface area contributed by atoms with Crippen LogP contribution in [0.25, 0.3) is 11.3 Å². The molecule has 0 aliphatic rings. The fourth-order valence-corrected chi connectivity index (χ4v) is 1.99.